The molecule has 1 fully saturated rings. The molecule has 2 rings (SSSR count). The molecule has 1 saturated heterocycles. The van der Waals surface area contributed by atoms with E-state index in [1.807, 2.05) is 0 Å². The molecule has 1 aromatic rings. The van der Waals surface area contributed by atoms with Crippen molar-refractivity contribution < 1.29 is 23.1 Å². The van der Waals surface area contributed by atoms with Crippen LogP contribution in [0.1, 0.15) is 45.2 Å². The topological polar surface area (TPSA) is 46.6 Å². The normalized spacial score (nSPS) is 19.2. The number of hydrogen-bond donors (Lipinski definition) is 0. The van der Waals surface area contributed by atoms with Crippen molar-refractivity contribution in [1.29, 1.82) is 0 Å². The third-order valence-electron chi connectivity index (χ3n) is 3.37. The number of rotatable bonds is 1. The molecule has 0 unspecified atom stereocenters. The molecule has 1 aliphatic heterocycles. The average Bonchev–Trinajstić information content (AvgIpc) is 2.39. The van der Waals surface area contributed by atoms with Gasteiger partial charge >= 0.3 is 6.09 Å². The maximum absolute atomic E-state index is 14.0. The highest BCUT2D eigenvalue weighted by atomic mass is 19.1. The highest BCUT2D eigenvalue weighted by Crippen LogP contribution is 2.32. The zero-order valence-electron chi connectivity index (χ0n) is 12.9. The van der Waals surface area contributed by atoms with E-state index in [9.17, 15) is 18.4 Å². The molecule has 0 saturated carbocycles. The number of likely N-dealkylation sites (tertiary alicyclic amines) is 1. The van der Waals surface area contributed by atoms with Crippen molar-refractivity contribution in [3.8, 4) is 0 Å². The quantitative estimate of drug-likeness (QED) is 0.796. The fourth-order valence-electron chi connectivity index (χ4n) is 2.42. The van der Waals surface area contributed by atoms with Crippen LogP contribution >= 0.6 is 0 Å². The van der Waals surface area contributed by atoms with Crippen molar-refractivity contribution in [1.82, 2.24) is 4.90 Å². The van der Waals surface area contributed by atoms with Crippen LogP contribution in [-0.2, 0) is 9.53 Å². The summed E-state index contributed by atoms with van der Waals surface area (Å²) in [6, 6.07) is 2.18. The van der Waals surface area contributed by atoms with E-state index in [-0.39, 0.29) is 30.7 Å². The smallest absolute Gasteiger partial charge is 0.410 e. The first-order chi connectivity index (χ1) is 10.2. The van der Waals surface area contributed by atoms with Gasteiger partial charge in [-0.2, -0.15) is 0 Å². The third kappa shape index (κ3) is 3.81. The minimum Gasteiger partial charge on any atom is -0.444 e. The van der Waals surface area contributed by atoms with Crippen molar-refractivity contribution in [2.45, 2.75) is 45.3 Å². The van der Waals surface area contributed by atoms with Gasteiger partial charge < -0.3 is 9.64 Å². The number of Topliss-reactive ketones (excluding diaryl/α,β-unsaturated/α-hetero) is 1. The van der Waals surface area contributed by atoms with Gasteiger partial charge in [-0.25, -0.2) is 13.6 Å². The first-order valence-corrected chi connectivity index (χ1v) is 7.13. The van der Waals surface area contributed by atoms with Crippen molar-refractivity contribution in [3.05, 3.63) is 35.4 Å². The van der Waals surface area contributed by atoms with Crippen LogP contribution in [0.15, 0.2) is 18.2 Å². The summed E-state index contributed by atoms with van der Waals surface area (Å²) in [5, 5.41) is 0. The lowest BCUT2D eigenvalue weighted by molar-refractivity contribution is -0.123. The van der Waals surface area contributed by atoms with Crippen LogP contribution in [0.2, 0.25) is 0 Å². The van der Waals surface area contributed by atoms with E-state index in [0.29, 0.717) is 0 Å². The van der Waals surface area contributed by atoms with Gasteiger partial charge in [-0.05, 0) is 39.0 Å². The van der Waals surface area contributed by atoms with E-state index in [0.717, 1.165) is 18.2 Å². The second kappa shape index (κ2) is 6.02. The van der Waals surface area contributed by atoms with E-state index in [1.54, 1.807) is 20.8 Å². The summed E-state index contributed by atoms with van der Waals surface area (Å²) in [5.41, 5.74) is -0.706. The minimum atomic E-state index is -0.841. The molecule has 1 aliphatic rings. The number of carbonyl (C=O) groups excluding carboxylic acids is 2. The van der Waals surface area contributed by atoms with E-state index in [4.69, 9.17) is 4.74 Å². The van der Waals surface area contributed by atoms with E-state index >= 15 is 0 Å². The Balaban J connectivity index is 2.33. The van der Waals surface area contributed by atoms with Gasteiger partial charge in [0.05, 0.1) is 6.04 Å². The standard InChI is InChI=1S/C16H19F2NO3/c1-16(2,3)22-15(21)19-7-6-11(20)9-14(19)12-8-10(17)4-5-13(12)18/h4-5,8,14H,6-7,9H2,1-3H3/t14-/m0/s1. The van der Waals surface area contributed by atoms with Gasteiger partial charge in [0.2, 0.25) is 0 Å². The van der Waals surface area contributed by atoms with Crippen molar-refractivity contribution in [3.63, 3.8) is 0 Å². The summed E-state index contributed by atoms with van der Waals surface area (Å²) in [6.07, 6.45) is -0.486. The van der Waals surface area contributed by atoms with Gasteiger partial charge in [-0.3, -0.25) is 4.79 Å². The van der Waals surface area contributed by atoms with Crippen LogP contribution in [0.4, 0.5) is 13.6 Å². The summed E-state index contributed by atoms with van der Waals surface area (Å²) >= 11 is 0. The number of ketones is 1. The fourth-order valence-corrected chi connectivity index (χ4v) is 2.42. The molecule has 6 heteroatoms. The average molecular weight is 311 g/mol. The number of benzene rings is 1. The highest BCUT2D eigenvalue weighted by Gasteiger charge is 2.35. The Morgan fingerprint density at radius 3 is 2.64 bits per heavy atom. The van der Waals surface area contributed by atoms with Crippen molar-refractivity contribution >= 4 is 11.9 Å². The lowest BCUT2D eigenvalue weighted by atomic mass is 9.94. The summed E-state index contributed by atoms with van der Waals surface area (Å²) < 4.78 is 32.7. The van der Waals surface area contributed by atoms with Gasteiger partial charge in [0.25, 0.3) is 0 Å². The molecule has 0 aromatic heterocycles. The number of halogens is 2. The number of hydrogen-bond acceptors (Lipinski definition) is 3. The Kier molecular flexibility index (Phi) is 4.49. The lowest BCUT2D eigenvalue weighted by Gasteiger charge is -2.36. The summed E-state index contributed by atoms with van der Waals surface area (Å²) in [6.45, 7) is 5.29. The second-order valence-corrected chi connectivity index (χ2v) is 6.35. The predicted octanol–water partition coefficient (Wildman–Crippen LogP) is 3.61. The molecular weight excluding hydrogens is 292 g/mol. The highest BCUT2D eigenvalue weighted by molar-refractivity contribution is 5.82. The number of amides is 1. The summed E-state index contributed by atoms with van der Waals surface area (Å²) in [5.74, 6) is -1.35. The SMILES string of the molecule is CC(C)(C)OC(=O)N1CCC(=O)C[C@H]1c1cc(F)ccc1F. The number of piperidine rings is 1. The maximum atomic E-state index is 14.0. The van der Waals surface area contributed by atoms with E-state index in [2.05, 4.69) is 0 Å². The van der Waals surface area contributed by atoms with Crippen LogP contribution in [0.25, 0.3) is 0 Å². The van der Waals surface area contributed by atoms with E-state index in [1.165, 1.54) is 4.90 Å². The Bertz CT molecular complexity index is 596. The molecule has 22 heavy (non-hydrogen) atoms. The molecule has 0 aliphatic carbocycles. The molecule has 1 amide bonds. The van der Waals surface area contributed by atoms with Crippen LogP contribution in [0.5, 0.6) is 0 Å². The molecule has 0 N–H and O–H groups in total. The number of ether oxygens (including phenoxy) is 1. The summed E-state index contributed by atoms with van der Waals surface area (Å²) in [4.78, 5) is 25.3. The molecule has 0 radical (unpaired) electrons. The Morgan fingerprint density at radius 1 is 1.32 bits per heavy atom. The van der Waals surface area contributed by atoms with Gasteiger partial charge in [0, 0.05) is 24.9 Å². The molecule has 0 spiro atoms. The largest absolute Gasteiger partial charge is 0.444 e. The molecule has 1 aromatic carbocycles. The zero-order chi connectivity index (χ0) is 16.5. The van der Waals surface area contributed by atoms with Gasteiger partial charge in [-0.1, -0.05) is 0 Å². The van der Waals surface area contributed by atoms with Gasteiger partial charge in [0.15, 0.2) is 0 Å². The van der Waals surface area contributed by atoms with E-state index < -0.39 is 29.4 Å². The monoisotopic (exact) mass is 311 g/mol. The Hall–Kier alpha value is -1.98. The van der Waals surface area contributed by atoms with Crippen LogP contribution in [-0.4, -0.2) is 28.9 Å². The number of carbonyl (C=O) groups is 2. The molecule has 1 heterocycles. The molecular formula is C16H19F2NO3. The molecule has 1 atom stereocenters. The van der Waals surface area contributed by atoms with Crippen molar-refractivity contribution in [2.75, 3.05) is 6.54 Å². The first kappa shape index (κ1) is 16.4. The number of nitrogens with zero attached hydrogens (tertiary/aromatic N) is 1. The molecule has 120 valence electrons. The molecule has 4 nitrogen and oxygen atoms in total. The second-order valence-electron chi connectivity index (χ2n) is 6.35. The maximum Gasteiger partial charge on any atom is 0.410 e. The van der Waals surface area contributed by atoms with Gasteiger partial charge in [0.1, 0.15) is 23.0 Å². The minimum absolute atomic E-state index is 0.00101. The van der Waals surface area contributed by atoms with Crippen LogP contribution in [0, 0.1) is 11.6 Å². The fraction of sp³-hybridized carbons (Fsp3) is 0.500. The van der Waals surface area contributed by atoms with Crippen LogP contribution < -0.4 is 0 Å². The predicted molar refractivity (Wildman–Crippen MR) is 76.3 cm³/mol. The van der Waals surface area contributed by atoms with Crippen LogP contribution in [0.3, 0.4) is 0 Å². The van der Waals surface area contributed by atoms with Gasteiger partial charge in [-0.15, -0.1) is 0 Å². The third-order valence-corrected chi connectivity index (χ3v) is 3.37. The Morgan fingerprint density at radius 2 is 2.00 bits per heavy atom. The lowest BCUT2D eigenvalue weighted by Crippen LogP contribution is -2.44. The Labute approximate surface area is 128 Å². The summed E-state index contributed by atoms with van der Waals surface area (Å²) in [7, 11) is 0. The zero-order valence-corrected chi connectivity index (χ0v) is 12.9. The first-order valence-electron chi connectivity index (χ1n) is 7.13. The molecule has 0 bridgehead atoms. The van der Waals surface area contributed by atoms with Crippen molar-refractivity contribution in [2.24, 2.45) is 0 Å².